The van der Waals surface area contributed by atoms with Crippen molar-refractivity contribution in [3.05, 3.63) is 10.3 Å². The summed E-state index contributed by atoms with van der Waals surface area (Å²) in [6.45, 7) is 0. The molecule has 17 heavy (non-hydrogen) atoms. The fourth-order valence-corrected chi connectivity index (χ4v) is 4.00. The van der Waals surface area contributed by atoms with Gasteiger partial charge in [0, 0.05) is 19.0 Å². The van der Waals surface area contributed by atoms with Crippen LogP contribution in [0.2, 0.25) is 0 Å². The minimum atomic E-state index is -0.0396. The van der Waals surface area contributed by atoms with Crippen LogP contribution in [-0.4, -0.2) is 26.8 Å². The summed E-state index contributed by atoms with van der Waals surface area (Å²) in [7, 11) is 1.74. The predicted octanol–water partition coefficient (Wildman–Crippen LogP) is 1.13. The number of ketones is 1. The van der Waals surface area contributed by atoms with Gasteiger partial charge < -0.3 is 5.73 Å². The van der Waals surface area contributed by atoms with Crippen molar-refractivity contribution in [2.24, 2.45) is 30.5 Å². The Balaban J connectivity index is 1.93. The van der Waals surface area contributed by atoms with E-state index in [1.807, 2.05) is 0 Å². The number of hydrogen-bond donors (Lipinski definition) is 1. The highest BCUT2D eigenvalue weighted by Crippen LogP contribution is 2.48. The van der Waals surface area contributed by atoms with Crippen LogP contribution in [0.4, 0.5) is 0 Å². The third-order valence-corrected chi connectivity index (χ3v) is 4.84. The third-order valence-electron chi connectivity index (χ3n) is 4.30. The van der Waals surface area contributed by atoms with E-state index in [1.165, 1.54) is 11.1 Å². The van der Waals surface area contributed by atoms with Gasteiger partial charge in [-0.15, -0.1) is 5.10 Å². The maximum atomic E-state index is 12.5. The van der Waals surface area contributed by atoms with Crippen LogP contribution in [-0.2, 0) is 7.05 Å². The zero-order valence-electron chi connectivity index (χ0n) is 9.64. The van der Waals surface area contributed by atoms with Gasteiger partial charge in [-0.2, -0.15) is 0 Å². The Kier molecular flexibility index (Phi) is 2.59. The Labute approximate surface area is 108 Å². The minimum Gasteiger partial charge on any atom is -0.327 e. The molecule has 3 rings (SSSR count). The second-order valence-electron chi connectivity index (χ2n) is 5.15. The first-order chi connectivity index (χ1) is 8.09. The Bertz CT molecular complexity index is 451. The van der Waals surface area contributed by atoms with Gasteiger partial charge in [-0.25, -0.2) is 4.68 Å². The van der Waals surface area contributed by atoms with Crippen molar-refractivity contribution in [1.82, 2.24) is 15.0 Å². The first kappa shape index (κ1) is 11.3. The summed E-state index contributed by atoms with van der Waals surface area (Å²) in [6.07, 6.45) is 3.43. The van der Waals surface area contributed by atoms with Crippen molar-refractivity contribution in [3.8, 4) is 0 Å². The molecule has 5 nitrogen and oxygen atoms in total. The Hall–Kier alpha value is -0.750. The summed E-state index contributed by atoms with van der Waals surface area (Å²) >= 11 is 3.28. The summed E-state index contributed by atoms with van der Waals surface area (Å²) in [6, 6.07) is 0.0167. The molecule has 6 heteroatoms. The van der Waals surface area contributed by atoms with Crippen LogP contribution in [0.3, 0.4) is 0 Å². The molecule has 2 fully saturated rings. The van der Waals surface area contributed by atoms with Crippen molar-refractivity contribution in [2.45, 2.75) is 25.3 Å². The summed E-state index contributed by atoms with van der Waals surface area (Å²) in [5.41, 5.74) is 6.74. The molecule has 0 aliphatic heterocycles. The van der Waals surface area contributed by atoms with Crippen LogP contribution in [0, 0.1) is 17.8 Å². The normalized spacial score (nSPS) is 35.5. The molecule has 0 saturated heterocycles. The Morgan fingerprint density at radius 2 is 2.18 bits per heavy atom. The van der Waals surface area contributed by atoms with Gasteiger partial charge in [-0.3, -0.25) is 4.79 Å². The highest BCUT2D eigenvalue weighted by atomic mass is 79.9. The Morgan fingerprint density at radius 3 is 2.71 bits per heavy atom. The molecule has 4 unspecified atom stereocenters. The number of aromatic nitrogens is 3. The van der Waals surface area contributed by atoms with Gasteiger partial charge in [0.15, 0.2) is 10.4 Å². The molecule has 0 aromatic carbocycles. The van der Waals surface area contributed by atoms with E-state index in [0.29, 0.717) is 22.1 Å². The molecule has 92 valence electrons. The van der Waals surface area contributed by atoms with Crippen LogP contribution < -0.4 is 5.73 Å². The molecule has 0 spiro atoms. The lowest BCUT2D eigenvalue weighted by atomic mass is 9.81. The van der Waals surface area contributed by atoms with E-state index in [2.05, 4.69) is 26.2 Å². The fourth-order valence-electron chi connectivity index (χ4n) is 3.48. The van der Waals surface area contributed by atoms with Crippen molar-refractivity contribution in [2.75, 3.05) is 0 Å². The lowest BCUT2D eigenvalue weighted by Gasteiger charge is -2.26. The molecule has 2 aliphatic carbocycles. The smallest absolute Gasteiger partial charge is 0.188 e. The van der Waals surface area contributed by atoms with Crippen molar-refractivity contribution >= 4 is 21.7 Å². The molecule has 1 aromatic heterocycles. The van der Waals surface area contributed by atoms with E-state index in [1.54, 1.807) is 7.05 Å². The number of nitrogens with zero attached hydrogens (tertiary/aromatic N) is 3. The number of fused-ring (bicyclic) bond motifs is 2. The first-order valence-electron chi connectivity index (χ1n) is 5.94. The first-order valence-corrected chi connectivity index (χ1v) is 6.74. The van der Waals surface area contributed by atoms with Gasteiger partial charge in [0.2, 0.25) is 0 Å². The Morgan fingerprint density at radius 1 is 1.47 bits per heavy atom. The number of hydrogen-bond acceptors (Lipinski definition) is 4. The van der Waals surface area contributed by atoms with E-state index in [0.717, 1.165) is 12.8 Å². The van der Waals surface area contributed by atoms with Crippen molar-refractivity contribution in [3.63, 3.8) is 0 Å². The lowest BCUT2D eigenvalue weighted by Crippen LogP contribution is -2.40. The van der Waals surface area contributed by atoms with E-state index in [4.69, 9.17) is 5.73 Å². The zero-order chi connectivity index (χ0) is 12.2. The van der Waals surface area contributed by atoms with Crippen LogP contribution in [0.15, 0.2) is 4.60 Å². The number of carbonyl (C=O) groups excluding carboxylic acids is 1. The SMILES string of the molecule is Cn1nnc(Br)c1C(=O)C1C2CCC(C2)C1N. The molecule has 2 bridgehead atoms. The topological polar surface area (TPSA) is 73.8 Å². The van der Waals surface area contributed by atoms with Crippen LogP contribution in [0.25, 0.3) is 0 Å². The van der Waals surface area contributed by atoms with Crippen LogP contribution in [0.5, 0.6) is 0 Å². The standard InChI is InChI=1S/C11H15BrN4O/c1-16-9(11(12)14-15-16)10(17)7-5-2-3-6(4-5)8(7)13/h5-8H,2-4,13H2,1H3. The zero-order valence-corrected chi connectivity index (χ0v) is 11.2. The van der Waals surface area contributed by atoms with E-state index in [9.17, 15) is 4.79 Å². The quantitative estimate of drug-likeness (QED) is 0.831. The van der Waals surface area contributed by atoms with E-state index >= 15 is 0 Å². The molecule has 1 heterocycles. The van der Waals surface area contributed by atoms with Gasteiger partial charge in [0.05, 0.1) is 0 Å². The van der Waals surface area contributed by atoms with Gasteiger partial charge in [0.1, 0.15) is 5.69 Å². The van der Waals surface area contributed by atoms with Gasteiger partial charge in [0.25, 0.3) is 0 Å². The summed E-state index contributed by atoms with van der Waals surface area (Å²) < 4.78 is 2.06. The second kappa shape index (κ2) is 3.88. The van der Waals surface area contributed by atoms with Gasteiger partial charge in [-0.1, -0.05) is 5.21 Å². The van der Waals surface area contributed by atoms with Crippen LogP contribution in [0.1, 0.15) is 29.8 Å². The molecule has 2 aliphatic rings. The lowest BCUT2D eigenvalue weighted by molar-refractivity contribution is 0.0845. The largest absolute Gasteiger partial charge is 0.327 e. The number of nitrogens with two attached hydrogens (primary N) is 1. The summed E-state index contributed by atoms with van der Waals surface area (Å²) in [5.74, 6) is 1.06. The maximum absolute atomic E-state index is 12.5. The number of Topliss-reactive ketones (excluding diaryl/α,β-unsaturated/α-hetero) is 1. The van der Waals surface area contributed by atoms with Crippen molar-refractivity contribution in [1.29, 1.82) is 0 Å². The van der Waals surface area contributed by atoms with E-state index < -0.39 is 0 Å². The molecule has 4 atom stereocenters. The van der Waals surface area contributed by atoms with Crippen LogP contribution >= 0.6 is 15.9 Å². The third kappa shape index (κ3) is 1.57. The molecule has 2 saturated carbocycles. The van der Waals surface area contributed by atoms with E-state index in [-0.39, 0.29) is 17.7 Å². The second-order valence-corrected chi connectivity index (χ2v) is 5.90. The van der Waals surface area contributed by atoms with Gasteiger partial charge >= 0.3 is 0 Å². The number of aryl methyl sites for hydroxylation is 1. The van der Waals surface area contributed by atoms with Gasteiger partial charge in [-0.05, 0) is 47.0 Å². The monoisotopic (exact) mass is 298 g/mol. The average Bonchev–Trinajstić information content (AvgIpc) is 2.93. The summed E-state index contributed by atoms with van der Waals surface area (Å²) in [5, 5.41) is 7.72. The molecular weight excluding hydrogens is 284 g/mol. The molecule has 1 aromatic rings. The summed E-state index contributed by atoms with van der Waals surface area (Å²) in [4.78, 5) is 12.5. The fraction of sp³-hybridized carbons (Fsp3) is 0.727. The highest BCUT2D eigenvalue weighted by Gasteiger charge is 2.50. The number of carbonyl (C=O) groups is 1. The molecular formula is C11H15BrN4O. The molecule has 0 radical (unpaired) electrons. The highest BCUT2D eigenvalue weighted by molar-refractivity contribution is 9.10. The van der Waals surface area contributed by atoms with Crippen molar-refractivity contribution < 1.29 is 4.79 Å². The average molecular weight is 299 g/mol. The minimum absolute atomic E-state index is 0.0167. The molecule has 2 N–H and O–H groups in total. The number of rotatable bonds is 2. The maximum Gasteiger partial charge on any atom is 0.188 e. The predicted molar refractivity (Wildman–Crippen MR) is 65.3 cm³/mol. The molecule has 0 amide bonds. The number of halogens is 1.